The first-order chi connectivity index (χ1) is 6.62. The zero-order valence-corrected chi connectivity index (χ0v) is 9.74. The lowest BCUT2D eigenvalue weighted by atomic mass is 10.0. The summed E-state index contributed by atoms with van der Waals surface area (Å²) in [6.45, 7) is 3.58. The Balaban J connectivity index is 2.75. The fourth-order valence-corrected chi connectivity index (χ4v) is 2.45. The van der Waals surface area contributed by atoms with Crippen molar-refractivity contribution < 1.29 is 22.5 Å². The average Bonchev–Trinajstić information content (AvgIpc) is 2.20. The predicted molar refractivity (Wildman–Crippen MR) is 53.1 cm³/mol. The summed E-state index contributed by atoms with van der Waals surface area (Å²) in [7, 11) is -3.53. The molecule has 1 N–H and O–H groups in total. The minimum absolute atomic E-state index is 0.0927. The molecular weight excluding hydrogens is 222 g/mol. The van der Waals surface area contributed by atoms with Crippen LogP contribution in [0.5, 0.6) is 0 Å². The molecule has 88 valence electrons. The van der Waals surface area contributed by atoms with E-state index in [0.29, 0.717) is 6.42 Å². The van der Waals surface area contributed by atoms with Gasteiger partial charge in [0.05, 0.1) is 18.9 Å². The Bertz CT molecular complexity index is 361. The smallest absolute Gasteiger partial charge is 0.407 e. The van der Waals surface area contributed by atoms with Gasteiger partial charge in [0.1, 0.15) is 0 Å². The average molecular weight is 237 g/mol. The van der Waals surface area contributed by atoms with E-state index in [4.69, 9.17) is 9.29 Å². The van der Waals surface area contributed by atoms with Crippen LogP contribution in [0.3, 0.4) is 0 Å². The van der Waals surface area contributed by atoms with Crippen molar-refractivity contribution in [2.75, 3.05) is 12.8 Å². The largest absolute Gasteiger partial charge is 0.465 e. The molecule has 0 aromatic rings. The van der Waals surface area contributed by atoms with E-state index in [9.17, 15) is 13.2 Å². The van der Waals surface area contributed by atoms with Gasteiger partial charge in [-0.15, -0.1) is 0 Å². The molecule has 1 fully saturated rings. The van der Waals surface area contributed by atoms with Crippen molar-refractivity contribution in [2.24, 2.45) is 0 Å². The maximum atomic E-state index is 10.9. The topological polar surface area (TPSA) is 83.9 Å². The van der Waals surface area contributed by atoms with Gasteiger partial charge in [-0.2, -0.15) is 8.42 Å². The zero-order chi connectivity index (χ0) is 11.9. The lowest BCUT2D eigenvalue weighted by molar-refractivity contribution is 0.115. The maximum Gasteiger partial charge on any atom is 0.407 e. The fourth-order valence-electron chi connectivity index (χ4n) is 1.83. The molecule has 1 saturated heterocycles. The van der Waals surface area contributed by atoms with Gasteiger partial charge in [0.2, 0.25) is 0 Å². The number of carboxylic acid groups (broad SMARTS) is 1. The number of nitrogens with zero attached hydrogens (tertiary/aromatic N) is 1. The number of hydrogen-bond donors (Lipinski definition) is 1. The number of rotatable bonds is 2. The molecular formula is C8H15NO5S. The van der Waals surface area contributed by atoms with E-state index in [1.54, 1.807) is 13.8 Å². The van der Waals surface area contributed by atoms with Crippen LogP contribution in [0.2, 0.25) is 0 Å². The summed E-state index contributed by atoms with van der Waals surface area (Å²) in [4.78, 5) is 12.0. The highest BCUT2D eigenvalue weighted by molar-refractivity contribution is 7.86. The number of hydrogen-bond acceptors (Lipinski definition) is 4. The second-order valence-corrected chi connectivity index (χ2v) is 5.93. The fraction of sp³-hybridized carbons (Fsp3) is 0.875. The third-order valence-corrected chi connectivity index (χ3v) is 3.01. The van der Waals surface area contributed by atoms with Gasteiger partial charge in [-0.1, -0.05) is 0 Å². The van der Waals surface area contributed by atoms with Crippen molar-refractivity contribution in [3.05, 3.63) is 0 Å². The molecule has 0 bridgehead atoms. The van der Waals surface area contributed by atoms with Crippen molar-refractivity contribution in [1.29, 1.82) is 0 Å². The summed E-state index contributed by atoms with van der Waals surface area (Å²) in [5.74, 6) is 0. The van der Waals surface area contributed by atoms with E-state index in [1.165, 1.54) is 4.90 Å². The Morgan fingerprint density at radius 2 is 2.07 bits per heavy atom. The molecule has 1 aliphatic rings. The number of amides is 1. The van der Waals surface area contributed by atoms with Gasteiger partial charge in [-0.3, -0.25) is 4.18 Å². The van der Waals surface area contributed by atoms with Crippen molar-refractivity contribution in [1.82, 2.24) is 4.90 Å². The van der Waals surface area contributed by atoms with Crippen LogP contribution in [0.25, 0.3) is 0 Å². The summed E-state index contributed by atoms with van der Waals surface area (Å²) in [6, 6.07) is 0. The van der Waals surface area contributed by atoms with Gasteiger partial charge in [0.25, 0.3) is 10.1 Å². The third-order valence-electron chi connectivity index (χ3n) is 2.39. The Morgan fingerprint density at radius 1 is 1.53 bits per heavy atom. The van der Waals surface area contributed by atoms with Crippen LogP contribution >= 0.6 is 0 Å². The first kappa shape index (κ1) is 12.3. The molecule has 1 heterocycles. The molecule has 0 aliphatic carbocycles. The molecule has 1 atom stereocenters. The lowest BCUT2D eigenvalue weighted by Crippen LogP contribution is -2.41. The lowest BCUT2D eigenvalue weighted by Gasteiger charge is -2.27. The van der Waals surface area contributed by atoms with E-state index in [-0.39, 0.29) is 6.54 Å². The summed E-state index contributed by atoms with van der Waals surface area (Å²) in [5, 5.41) is 8.89. The molecule has 1 rings (SSSR count). The summed E-state index contributed by atoms with van der Waals surface area (Å²) >= 11 is 0. The van der Waals surface area contributed by atoms with Crippen molar-refractivity contribution in [3.63, 3.8) is 0 Å². The monoisotopic (exact) mass is 237 g/mol. The quantitative estimate of drug-likeness (QED) is 0.707. The van der Waals surface area contributed by atoms with Gasteiger partial charge < -0.3 is 10.0 Å². The molecule has 6 nitrogen and oxygen atoms in total. The van der Waals surface area contributed by atoms with E-state index in [1.807, 2.05) is 0 Å². The standard InChI is InChI=1S/C8H15NO5S/c1-8(2)4-6(14-15(3,12)13)5-9(8)7(10)11/h6H,4-5H2,1-3H3,(H,10,11). The SMILES string of the molecule is CC1(C)CC(OS(C)(=O)=O)CN1C(=O)O. The van der Waals surface area contributed by atoms with E-state index in [0.717, 1.165) is 6.26 Å². The molecule has 0 radical (unpaired) electrons. The molecule has 0 saturated carbocycles. The van der Waals surface area contributed by atoms with Crippen LogP contribution in [0, 0.1) is 0 Å². The molecule has 1 unspecified atom stereocenters. The van der Waals surface area contributed by atoms with Crippen molar-refractivity contribution in [2.45, 2.75) is 31.9 Å². The molecule has 1 amide bonds. The Morgan fingerprint density at radius 3 is 2.40 bits per heavy atom. The van der Waals surface area contributed by atoms with E-state index < -0.39 is 27.9 Å². The van der Waals surface area contributed by atoms with Crippen molar-refractivity contribution in [3.8, 4) is 0 Å². The van der Waals surface area contributed by atoms with Gasteiger partial charge in [-0.25, -0.2) is 4.79 Å². The Labute approximate surface area is 89.0 Å². The summed E-state index contributed by atoms with van der Waals surface area (Å²) < 4.78 is 26.6. The second kappa shape index (κ2) is 3.64. The van der Waals surface area contributed by atoms with E-state index >= 15 is 0 Å². The second-order valence-electron chi connectivity index (χ2n) is 4.33. The zero-order valence-electron chi connectivity index (χ0n) is 8.93. The first-order valence-electron chi connectivity index (χ1n) is 4.51. The Kier molecular flexibility index (Phi) is 2.97. The molecule has 15 heavy (non-hydrogen) atoms. The van der Waals surface area contributed by atoms with Gasteiger partial charge >= 0.3 is 6.09 Å². The number of carbonyl (C=O) groups is 1. The minimum atomic E-state index is -3.53. The highest BCUT2D eigenvalue weighted by atomic mass is 32.2. The van der Waals surface area contributed by atoms with Gasteiger partial charge in [0.15, 0.2) is 0 Å². The van der Waals surface area contributed by atoms with Gasteiger partial charge in [0, 0.05) is 5.54 Å². The molecule has 1 aliphatic heterocycles. The van der Waals surface area contributed by atoms with Crippen LogP contribution in [0.1, 0.15) is 20.3 Å². The maximum absolute atomic E-state index is 10.9. The first-order valence-corrected chi connectivity index (χ1v) is 6.32. The summed E-state index contributed by atoms with van der Waals surface area (Å²) in [6.07, 6.45) is -0.291. The van der Waals surface area contributed by atoms with Crippen LogP contribution in [-0.4, -0.2) is 49.0 Å². The van der Waals surface area contributed by atoms with Crippen molar-refractivity contribution >= 4 is 16.2 Å². The van der Waals surface area contributed by atoms with E-state index in [2.05, 4.69) is 0 Å². The summed E-state index contributed by atoms with van der Waals surface area (Å²) in [5.41, 5.74) is -0.582. The highest BCUT2D eigenvalue weighted by Crippen LogP contribution is 2.30. The highest BCUT2D eigenvalue weighted by Gasteiger charge is 2.43. The van der Waals surface area contributed by atoms with Crippen LogP contribution in [0.15, 0.2) is 0 Å². The third kappa shape index (κ3) is 3.07. The normalized spacial score (nSPS) is 25.5. The minimum Gasteiger partial charge on any atom is -0.465 e. The predicted octanol–water partition coefficient (Wildman–Crippen LogP) is 0.493. The molecule has 0 aromatic carbocycles. The van der Waals surface area contributed by atoms with Crippen LogP contribution < -0.4 is 0 Å². The molecule has 0 spiro atoms. The molecule has 0 aromatic heterocycles. The molecule has 7 heteroatoms. The van der Waals surface area contributed by atoms with Gasteiger partial charge in [-0.05, 0) is 20.3 Å². The van der Waals surface area contributed by atoms with Crippen LogP contribution in [-0.2, 0) is 14.3 Å². The Hall–Kier alpha value is -0.820. The number of likely N-dealkylation sites (tertiary alicyclic amines) is 1. The van der Waals surface area contributed by atoms with Crippen LogP contribution in [0.4, 0.5) is 4.79 Å².